The Hall–Kier alpha value is -1.66. The van der Waals surface area contributed by atoms with Crippen molar-refractivity contribution in [2.24, 2.45) is 0 Å². The number of aromatic carboxylic acids is 1. The summed E-state index contributed by atoms with van der Waals surface area (Å²) in [6, 6.07) is 1.61. The summed E-state index contributed by atoms with van der Waals surface area (Å²) in [6.07, 6.45) is 2.15. The van der Waals surface area contributed by atoms with Crippen LogP contribution >= 0.6 is 11.3 Å². The number of carboxylic acid groups (broad SMARTS) is 1. The van der Waals surface area contributed by atoms with Crippen molar-refractivity contribution in [3.05, 3.63) is 39.7 Å². The van der Waals surface area contributed by atoms with Gasteiger partial charge in [0.1, 0.15) is 0 Å². The van der Waals surface area contributed by atoms with Gasteiger partial charge in [-0.2, -0.15) is 0 Å². The molecule has 0 saturated heterocycles. The normalized spacial score (nSPS) is 10.7. The van der Waals surface area contributed by atoms with E-state index in [1.54, 1.807) is 17.4 Å². The number of nitrogens with zero attached hydrogens (tertiary/aromatic N) is 1. The van der Waals surface area contributed by atoms with Crippen molar-refractivity contribution in [1.29, 1.82) is 0 Å². The van der Waals surface area contributed by atoms with E-state index < -0.39 is 5.97 Å². The van der Waals surface area contributed by atoms with E-state index in [0.717, 1.165) is 12.1 Å². The lowest BCUT2D eigenvalue weighted by molar-refractivity contribution is 0.0650. The molecular formula is C12H13NO4S. The van der Waals surface area contributed by atoms with Crippen LogP contribution in [0.3, 0.4) is 0 Å². The molecule has 0 fully saturated rings. The summed E-state index contributed by atoms with van der Waals surface area (Å²) < 4.78 is 10.3. The predicted molar refractivity (Wildman–Crippen MR) is 65.9 cm³/mol. The van der Waals surface area contributed by atoms with Gasteiger partial charge in [0.2, 0.25) is 5.76 Å². The minimum Gasteiger partial charge on any atom is -0.475 e. The molecule has 0 bridgehead atoms. The van der Waals surface area contributed by atoms with E-state index in [9.17, 15) is 4.79 Å². The molecule has 0 aliphatic heterocycles. The molecule has 0 atom stereocenters. The zero-order valence-electron chi connectivity index (χ0n) is 9.88. The maximum absolute atomic E-state index is 10.8. The van der Waals surface area contributed by atoms with E-state index in [1.165, 1.54) is 11.1 Å². The number of rotatable bonds is 6. The Morgan fingerprint density at radius 3 is 3.11 bits per heavy atom. The smallest absolute Gasteiger partial charge is 0.372 e. The number of furan rings is 1. The Bertz CT molecular complexity index is 532. The summed E-state index contributed by atoms with van der Waals surface area (Å²) >= 11 is 1.60. The minimum atomic E-state index is -1.07. The first kappa shape index (κ1) is 12.8. The summed E-state index contributed by atoms with van der Waals surface area (Å²) in [5.41, 5.74) is 3.39. The molecule has 6 heteroatoms. The summed E-state index contributed by atoms with van der Waals surface area (Å²) in [6.45, 7) is 2.74. The van der Waals surface area contributed by atoms with Gasteiger partial charge in [-0.15, -0.1) is 11.3 Å². The fourth-order valence-electron chi connectivity index (χ4n) is 1.55. The van der Waals surface area contributed by atoms with E-state index in [2.05, 4.69) is 4.98 Å². The van der Waals surface area contributed by atoms with Gasteiger partial charge in [-0.1, -0.05) is 0 Å². The largest absolute Gasteiger partial charge is 0.475 e. The van der Waals surface area contributed by atoms with Crippen molar-refractivity contribution < 1.29 is 19.1 Å². The van der Waals surface area contributed by atoms with Crippen LogP contribution in [0.5, 0.6) is 0 Å². The maximum atomic E-state index is 10.8. The highest BCUT2D eigenvalue weighted by molar-refractivity contribution is 7.09. The second kappa shape index (κ2) is 5.79. The Kier molecular flexibility index (Phi) is 4.11. The zero-order chi connectivity index (χ0) is 13.0. The Balaban J connectivity index is 1.80. The fraction of sp³-hybridized carbons (Fsp3) is 0.333. The predicted octanol–water partition coefficient (Wildman–Crippen LogP) is 2.50. The van der Waals surface area contributed by atoms with Crippen molar-refractivity contribution in [1.82, 2.24) is 4.98 Å². The molecule has 0 unspecified atom stereocenters. The van der Waals surface area contributed by atoms with Gasteiger partial charge in [0.15, 0.2) is 0 Å². The first-order valence-electron chi connectivity index (χ1n) is 5.45. The molecule has 18 heavy (non-hydrogen) atoms. The van der Waals surface area contributed by atoms with E-state index >= 15 is 0 Å². The molecule has 0 spiro atoms. The number of hydrogen-bond donors (Lipinski definition) is 1. The highest BCUT2D eigenvalue weighted by Crippen LogP contribution is 2.14. The van der Waals surface area contributed by atoms with Crippen molar-refractivity contribution in [3.63, 3.8) is 0 Å². The molecule has 0 amide bonds. The van der Waals surface area contributed by atoms with Gasteiger partial charge < -0.3 is 14.3 Å². The molecule has 2 rings (SSSR count). The Labute approximate surface area is 108 Å². The van der Waals surface area contributed by atoms with Gasteiger partial charge in [0.05, 0.1) is 30.7 Å². The third kappa shape index (κ3) is 2.96. The number of aryl methyl sites for hydroxylation is 1. The minimum absolute atomic E-state index is 0.0519. The van der Waals surface area contributed by atoms with Crippen LogP contribution in [0.4, 0.5) is 0 Å². The quantitative estimate of drug-likeness (QED) is 0.814. The molecule has 0 aliphatic rings. The number of carbonyl (C=O) groups is 1. The monoisotopic (exact) mass is 267 g/mol. The van der Waals surface area contributed by atoms with Crippen molar-refractivity contribution >= 4 is 17.3 Å². The van der Waals surface area contributed by atoms with Crippen LogP contribution < -0.4 is 0 Å². The topological polar surface area (TPSA) is 72.6 Å². The average molecular weight is 267 g/mol. The van der Waals surface area contributed by atoms with Gasteiger partial charge in [0.25, 0.3) is 0 Å². The number of hydrogen-bond acceptors (Lipinski definition) is 5. The Morgan fingerprint density at radius 1 is 1.61 bits per heavy atom. The molecular weight excluding hydrogens is 254 g/mol. The van der Waals surface area contributed by atoms with Crippen LogP contribution in [-0.2, 0) is 17.8 Å². The van der Waals surface area contributed by atoms with Crippen LogP contribution in [0.2, 0.25) is 0 Å². The van der Waals surface area contributed by atoms with E-state index in [0.29, 0.717) is 12.2 Å². The van der Waals surface area contributed by atoms with Crippen molar-refractivity contribution in [2.45, 2.75) is 20.0 Å². The second-order valence-corrected chi connectivity index (χ2v) is 4.68. The third-order valence-corrected chi connectivity index (χ3v) is 3.51. The van der Waals surface area contributed by atoms with Crippen molar-refractivity contribution in [2.75, 3.05) is 6.61 Å². The summed E-state index contributed by atoms with van der Waals surface area (Å²) in [4.78, 5) is 16.1. The van der Waals surface area contributed by atoms with Gasteiger partial charge in [0, 0.05) is 16.9 Å². The molecule has 5 nitrogen and oxygen atoms in total. The fourth-order valence-corrected chi connectivity index (χ4v) is 2.31. The third-order valence-electron chi connectivity index (χ3n) is 2.52. The Morgan fingerprint density at radius 2 is 2.44 bits per heavy atom. The van der Waals surface area contributed by atoms with Crippen LogP contribution in [-0.4, -0.2) is 22.7 Å². The van der Waals surface area contributed by atoms with Crippen LogP contribution in [0, 0.1) is 6.92 Å². The van der Waals surface area contributed by atoms with Gasteiger partial charge in [-0.25, -0.2) is 9.78 Å². The summed E-state index contributed by atoms with van der Waals surface area (Å²) in [5.74, 6) is -1.12. The molecule has 2 heterocycles. The first-order chi connectivity index (χ1) is 8.68. The first-order valence-corrected chi connectivity index (χ1v) is 6.33. The molecule has 2 aromatic rings. The summed E-state index contributed by atoms with van der Waals surface area (Å²) in [7, 11) is 0. The average Bonchev–Trinajstić information content (AvgIpc) is 2.94. The molecule has 96 valence electrons. The number of ether oxygens (including phenoxy) is 1. The molecule has 0 aliphatic carbocycles. The molecule has 2 aromatic heterocycles. The highest BCUT2D eigenvalue weighted by Gasteiger charge is 2.13. The van der Waals surface area contributed by atoms with E-state index in [1.807, 2.05) is 12.4 Å². The lowest BCUT2D eigenvalue weighted by Crippen LogP contribution is -2.03. The van der Waals surface area contributed by atoms with Crippen LogP contribution in [0.15, 0.2) is 22.3 Å². The highest BCUT2D eigenvalue weighted by atomic mass is 32.1. The number of thiazole rings is 1. The molecule has 0 aromatic carbocycles. The zero-order valence-corrected chi connectivity index (χ0v) is 10.7. The molecule has 1 N–H and O–H groups in total. The van der Waals surface area contributed by atoms with E-state index in [-0.39, 0.29) is 12.4 Å². The van der Waals surface area contributed by atoms with Gasteiger partial charge in [-0.05, 0) is 13.0 Å². The number of aromatic nitrogens is 1. The van der Waals surface area contributed by atoms with Crippen LogP contribution in [0.25, 0.3) is 0 Å². The maximum Gasteiger partial charge on any atom is 0.372 e. The van der Waals surface area contributed by atoms with Crippen molar-refractivity contribution in [3.8, 4) is 0 Å². The lowest BCUT2D eigenvalue weighted by atomic mass is 10.2. The number of carboxylic acids is 1. The summed E-state index contributed by atoms with van der Waals surface area (Å²) in [5, 5.41) is 8.84. The second-order valence-electron chi connectivity index (χ2n) is 3.74. The van der Waals surface area contributed by atoms with Gasteiger partial charge in [-0.3, -0.25) is 0 Å². The standard InChI is InChI=1S/C12H13NO4S/c1-8-10(18-7-13-8)3-4-16-6-9-2-5-17-11(9)12(14)15/h2,5,7H,3-4,6H2,1H3,(H,14,15). The van der Waals surface area contributed by atoms with Crippen LogP contribution in [0.1, 0.15) is 26.7 Å². The van der Waals surface area contributed by atoms with E-state index in [4.69, 9.17) is 14.3 Å². The molecule has 0 radical (unpaired) electrons. The molecule has 0 saturated carbocycles. The van der Waals surface area contributed by atoms with Gasteiger partial charge >= 0.3 is 5.97 Å². The SMILES string of the molecule is Cc1ncsc1CCOCc1ccoc1C(=O)O. The lowest BCUT2D eigenvalue weighted by Gasteiger charge is -2.02.